The minimum Gasteiger partial charge on any atom is -0.454 e. The Balaban J connectivity index is 1.32. The molecule has 176 valence electrons. The Morgan fingerprint density at radius 1 is 1.03 bits per heavy atom. The average Bonchev–Trinajstić information content (AvgIpc) is 3.35. The Kier molecular flexibility index (Phi) is 6.01. The number of benzene rings is 3. The molecule has 0 bridgehead atoms. The molecule has 2 heterocycles. The molecule has 1 aliphatic rings. The molecule has 1 amide bonds. The number of hydrogen-bond acceptors (Lipinski definition) is 6. The van der Waals surface area contributed by atoms with Gasteiger partial charge in [0.05, 0.1) is 16.8 Å². The van der Waals surface area contributed by atoms with Crippen molar-refractivity contribution < 1.29 is 28.2 Å². The van der Waals surface area contributed by atoms with Crippen molar-refractivity contribution in [1.29, 1.82) is 0 Å². The molecular weight excluding hydrogens is 451 g/mol. The first kappa shape index (κ1) is 22.3. The van der Waals surface area contributed by atoms with Gasteiger partial charge in [0.15, 0.2) is 17.6 Å². The van der Waals surface area contributed by atoms with Crippen LogP contribution in [0.4, 0.5) is 4.39 Å². The molecule has 35 heavy (non-hydrogen) atoms. The molecule has 0 aliphatic carbocycles. The predicted molar refractivity (Wildman–Crippen MR) is 126 cm³/mol. The molecule has 7 nitrogen and oxygen atoms in total. The van der Waals surface area contributed by atoms with Gasteiger partial charge in [-0.25, -0.2) is 14.2 Å². The van der Waals surface area contributed by atoms with E-state index in [1.807, 2.05) is 12.1 Å². The molecule has 8 heteroatoms. The van der Waals surface area contributed by atoms with Gasteiger partial charge in [-0.15, -0.1) is 0 Å². The van der Waals surface area contributed by atoms with Gasteiger partial charge >= 0.3 is 5.97 Å². The number of amides is 1. The first-order valence-corrected chi connectivity index (χ1v) is 11.0. The van der Waals surface area contributed by atoms with Crippen molar-refractivity contribution in [3.05, 3.63) is 89.7 Å². The van der Waals surface area contributed by atoms with Crippen molar-refractivity contribution in [3.63, 3.8) is 0 Å². The molecule has 3 aromatic carbocycles. The summed E-state index contributed by atoms with van der Waals surface area (Å²) in [6, 6.07) is 20.0. The van der Waals surface area contributed by atoms with Gasteiger partial charge in [-0.3, -0.25) is 4.79 Å². The first-order valence-electron chi connectivity index (χ1n) is 11.0. The van der Waals surface area contributed by atoms with Gasteiger partial charge in [0.25, 0.3) is 5.91 Å². The number of pyridine rings is 1. The third-order valence-electron chi connectivity index (χ3n) is 5.63. The Morgan fingerprint density at radius 3 is 2.63 bits per heavy atom. The second kappa shape index (κ2) is 9.42. The topological polar surface area (TPSA) is 86.8 Å². The normalized spacial score (nSPS) is 12.9. The fourth-order valence-corrected chi connectivity index (χ4v) is 3.77. The smallest absolute Gasteiger partial charge is 0.339 e. The van der Waals surface area contributed by atoms with Crippen LogP contribution in [0.1, 0.15) is 22.8 Å². The lowest BCUT2D eigenvalue weighted by atomic mass is 10.0. The maximum atomic E-state index is 13.4. The van der Waals surface area contributed by atoms with Crippen LogP contribution < -0.4 is 14.8 Å². The van der Waals surface area contributed by atoms with E-state index >= 15 is 0 Å². The zero-order chi connectivity index (χ0) is 24.4. The molecule has 1 aromatic heterocycles. The highest BCUT2D eigenvalue weighted by Gasteiger charge is 2.22. The molecule has 0 spiro atoms. The van der Waals surface area contributed by atoms with E-state index in [0.29, 0.717) is 33.7 Å². The lowest BCUT2D eigenvalue weighted by Crippen LogP contribution is -2.35. The van der Waals surface area contributed by atoms with Crippen LogP contribution in [0, 0.1) is 5.82 Å². The minimum absolute atomic E-state index is 0.171. The number of rotatable bonds is 6. The zero-order valence-electron chi connectivity index (χ0n) is 18.8. The number of hydrogen-bond donors (Lipinski definition) is 1. The highest BCUT2D eigenvalue weighted by molar-refractivity contribution is 6.05. The molecule has 0 saturated heterocycles. The van der Waals surface area contributed by atoms with Gasteiger partial charge in [0, 0.05) is 17.5 Å². The molecule has 0 saturated carbocycles. The zero-order valence-corrected chi connectivity index (χ0v) is 18.8. The van der Waals surface area contributed by atoms with Crippen LogP contribution in [0.15, 0.2) is 72.8 Å². The number of esters is 1. The van der Waals surface area contributed by atoms with Gasteiger partial charge in [0.2, 0.25) is 6.79 Å². The molecule has 0 radical (unpaired) electrons. The van der Waals surface area contributed by atoms with Crippen LogP contribution >= 0.6 is 0 Å². The summed E-state index contributed by atoms with van der Waals surface area (Å²) >= 11 is 0. The second-order valence-electron chi connectivity index (χ2n) is 8.03. The number of aromatic nitrogens is 1. The summed E-state index contributed by atoms with van der Waals surface area (Å²) in [5.41, 5.74) is 2.83. The van der Waals surface area contributed by atoms with E-state index in [4.69, 9.17) is 14.2 Å². The van der Waals surface area contributed by atoms with Crippen LogP contribution in [0.5, 0.6) is 11.5 Å². The van der Waals surface area contributed by atoms with Gasteiger partial charge in [-0.1, -0.05) is 24.3 Å². The Morgan fingerprint density at radius 2 is 1.80 bits per heavy atom. The third-order valence-corrected chi connectivity index (χ3v) is 5.63. The molecule has 1 N–H and O–H groups in total. The number of halogens is 1. The monoisotopic (exact) mass is 472 g/mol. The fraction of sp³-hybridized carbons (Fsp3) is 0.148. The molecule has 1 atom stereocenters. The van der Waals surface area contributed by atoms with E-state index in [-0.39, 0.29) is 24.7 Å². The number of nitrogens with zero attached hydrogens (tertiary/aromatic N) is 1. The molecular formula is C27H21FN2O5. The number of ether oxygens (including phenoxy) is 3. The van der Waals surface area contributed by atoms with Crippen LogP contribution in [0.3, 0.4) is 0 Å². The lowest BCUT2D eigenvalue weighted by Gasteiger charge is -2.15. The Hall–Kier alpha value is -4.46. The molecule has 4 aromatic rings. The molecule has 1 aliphatic heterocycles. The number of carbonyl (C=O) groups excluding carboxylic acids is 2. The van der Waals surface area contributed by atoms with Crippen molar-refractivity contribution >= 4 is 22.8 Å². The van der Waals surface area contributed by atoms with Gasteiger partial charge in [-0.2, -0.15) is 0 Å². The molecule has 0 unspecified atom stereocenters. The molecule has 5 rings (SSSR count). The number of carbonyl (C=O) groups is 2. The summed E-state index contributed by atoms with van der Waals surface area (Å²) < 4.78 is 29.5. The minimum atomic E-state index is -1.03. The maximum Gasteiger partial charge on any atom is 0.339 e. The summed E-state index contributed by atoms with van der Waals surface area (Å²) in [6.07, 6.45) is -1.03. The van der Waals surface area contributed by atoms with Crippen molar-refractivity contribution in [2.45, 2.75) is 19.6 Å². The highest BCUT2D eigenvalue weighted by atomic mass is 19.1. The highest BCUT2D eigenvalue weighted by Crippen LogP contribution is 2.32. The van der Waals surface area contributed by atoms with E-state index in [2.05, 4.69) is 10.3 Å². The predicted octanol–water partition coefficient (Wildman–Crippen LogP) is 4.63. The Labute approximate surface area is 200 Å². The summed E-state index contributed by atoms with van der Waals surface area (Å²) in [5, 5.41) is 3.36. The standard InChI is InChI=1S/C27H21FN2O5/c1-16(26(31)29-14-17-6-11-24-25(12-17)34-15-33-24)35-27(32)21-13-23(18-7-9-19(28)10-8-18)30-22-5-3-2-4-20(21)22/h2-13,16H,14-15H2,1H3,(H,29,31)/t16-/m0/s1. The second-order valence-corrected chi connectivity index (χ2v) is 8.03. The van der Waals surface area contributed by atoms with Gasteiger partial charge in [-0.05, 0) is 61.0 Å². The van der Waals surface area contributed by atoms with Crippen LogP contribution in [0.25, 0.3) is 22.2 Å². The number of nitrogens with one attached hydrogen (secondary N) is 1. The van der Waals surface area contributed by atoms with E-state index < -0.39 is 18.0 Å². The number of para-hydroxylation sites is 1. The Bertz CT molecular complexity index is 1420. The average molecular weight is 472 g/mol. The van der Waals surface area contributed by atoms with Crippen molar-refractivity contribution in [1.82, 2.24) is 10.3 Å². The van der Waals surface area contributed by atoms with Crippen molar-refractivity contribution in [3.8, 4) is 22.8 Å². The summed E-state index contributed by atoms with van der Waals surface area (Å²) in [5.74, 6) is -0.176. The fourth-order valence-electron chi connectivity index (χ4n) is 3.77. The molecule has 0 fully saturated rings. The maximum absolute atomic E-state index is 13.4. The quantitative estimate of drug-likeness (QED) is 0.412. The number of fused-ring (bicyclic) bond motifs is 2. The van der Waals surface area contributed by atoms with E-state index in [1.54, 1.807) is 48.5 Å². The summed E-state index contributed by atoms with van der Waals surface area (Å²) in [6.45, 7) is 1.92. The summed E-state index contributed by atoms with van der Waals surface area (Å²) in [7, 11) is 0. The van der Waals surface area contributed by atoms with E-state index in [1.165, 1.54) is 19.1 Å². The first-order chi connectivity index (χ1) is 17.0. The van der Waals surface area contributed by atoms with Gasteiger partial charge < -0.3 is 19.5 Å². The van der Waals surface area contributed by atoms with Gasteiger partial charge in [0.1, 0.15) is 5.82 Å². The SMILES string of the molecule is C[C@H](OC(=O)c1cc(-c2ccc(F)cc2)nc2ccccc12)C(=O)NCc1ccc2c(c1)OCO2. The van der Waals surface area contributed by atoms with Crippen LogP contribution in [0.2, 0.25) is 0 Å². The largest absolute Gasteiger partial charge is 0.454 e. The summed E-state index contributed by atoms with van der Waals surface area (Å²) in [4.78, 5) is 30.3. The van der Waals surface area contributed by atoms with Crippen LogP contribution in [-0.4, -0.2) is 29.8 Å². The van der Waals surface area contributed by atoms with Crippen molar-refractivity contribution in [2.75, 3.05) is 6.79 Å². The lowest BCUT2D eigenvalue weighted by molar-refractivity contribution is -0.129. The van der Waals surface area contributed by atoms with Crippen LogP contribution in [-0.2, 0) is 16.1 Å². The van der Waals surface area contributed by atoms with E-state index in [0.717, 1.165) is 5.56 Å². The third kappa shape index (κ3) is 4.77. The van der Waals surface area contributed by atoms with E-state index in [9.17, 15) is 14.0 Å². The van der Waals surface area contributed by atoms with Crippen molar-refractivity contribution in [2.24, 2.45) is 0 Å².